The molecular formula is C29H28N6O3. The second kappa shape index (κ2) is 9.35. The van der Waals surface area contributed by atoms with Gasteiger partial charge < -0.3 is 14.8 Å². The first kappa shape index (κ1) is 23.7. The van der Waals surface area contributed by atoms with Crippen LogP contribution in [0.1, 0.15) is 23.9 Å². The van der Waals surface area contributed by atoms with Crippen LogP contribution in [0.15, 0.2) is 84.6 Å². The molecule has 9 nitrogen and oxygen atoms in total. The van der Waals surface area contributed by atoms with Crippen molar-refractivity contribution in [1.29, 1.82) is 0 Å². The zero-order chi connectivity index (χ0) is 26.4. The molecule has 0 amide bonds. The van der Waals surface area contributed by atoms with E-state index in [2.05, 4.69) is 21.4 Å². The third-order valence-corrected chi connectivity index (χ3v) is 7.30. The number of hydrogen-bond donors (Lipinski definition) is 2. The van der Waals surface area contributed by atoms with E-state index in [9.17, 15) is 15.0 Å². The van der Waals surface area contributed by atoms with Crippen LogP contribution in [0, 0.1) is 0 Å². The van der Waals surface area contributed by atoms with Crippen LogP contribution in [-0.4, -0.2) is 51.9 Å². The van der Waals surface area contributed by atoms with E-state index in [4.69, 9.17) is 0 Å². The molecule has 38 heavy (non-hydrogen) atoms. The summed E-state index contributed by atoms with van der Waals surface area (Å²) >= 11 is 0. The summed E-state index contributed by atoms with van der Waals surface area (Å²) in [6, 6.07) is 16.0. The number of benzene rings is 2. The third-order valence-electron chi connectivity index (χ3n) is 7.30. The largest absolute Gasteiger partial charge is 0.508 e. The maximum absolute atomic E-state index is 13.9. The molecule has 1 aliphatic rings. The van der Waals surface area contributed by atoms with Gasteiger partial charge >= 0.3 is 5.69 Å². The van der Waals surface area contributed by atoms with Crippen LogP contribution in [0.2, 0.25) is 0 Å². The van der Waals surface area contributed by atoms with Gasteiger partial charge in [0.1, 0.15) is 17.3 Å². The number of aromatic nitrogens is 5. The van der Waals surface area contributed by atoms with Crippen molar-refractivity contribution in [2.75, 3.05) is 13.1 Å². The van der Waals surface area contributed by atoms with Crippen LogP contribution in [0.25, 0.3) is 33.7 Å². The van der Waals surface area contributed by atoms with Crippen molar-refractivity contribution in [2.45, 2.75) is 19.0 Å². The Morgan fingerprint density at radius 2 is 1.92 bits per heavy atom. The van der Waals surface area contributed by atoms with Crippen molar-refractivity contribution < 1.29 is 10.2 Å². The monoisotopic (exact) mass is 508 g/mol. The number of rotatable bonds is 6. The molecule has 192 valence electrons. The molecule has 0 bridgehead atoms. The number of aliphatic hydroxyl groups excluding tert-OH is 1. The Morgan fingerprint density at radius 1 is 1.11 bits per heavy atom. The Hall–Kier alpha value is -4.63. The van der Waals surface area contributed by atoms with Crippen LogP contribution in [-0.2, 0) is 13.6 Å². The van der Waals surface area contributed by atoms with Crippen molar-refractivity contribution in [3.8, 4) is 22.6 Å². The number of imidazole rings is 2. The van der Waals surface area contributed by atoms with Gasteiger partial charge in [0.25, 0.3) is 0 Å². The van der Waals surface area contributed by atoms with Gasteiger partial charge in [0.15, 0.2) is 5.65 Å². The molecule has 0 spiro atoms. The second-order valence-corrected chi connectivity index (χ2v) is 9.69. The van der Waals surface area contributed by atoms with Crippen LogP contribution in [0.5, 0.6) is 5.75 Å². The molecular weight excluding hydrogens is 480 g/mol. The molecule has 3 aromatic heterocycles. The number of phenolic OH excluding ortho intramolecular Hbond substituents is 1. The second-order valence-electron chi connectivity index (χ2n) is 9.69. The summed E-state index contributed by atoms with van der Waals surface area (Å²) in [5.41, 5.74) is 3.73. The summed E-state index contributed by atoms with van der Waals surface area (Å²) in [5, 5.41) is 20.5. The lowest BCUT2D eigenvalue weighted by Gasteiger charge is -2.16. The fourth-order valence-electron chi connectivity index (χ4n) is 5.29. The highest BCUT2D eigenvalue weighted by molar-refractivity contribution is 5.77. The van der Waals surface area contributed by atoms with Crippen LogP contribution in [0.4, 0.5) is 0 Å². The van der Waals surface area contributed by atoms with Crippen molar-refractivity contribution in [1.82, 2.24) is 28.6 Å². The summed E-state index contributed by atoms with van der Waals surface area (Å²) in [4.78, 5) is 25.2. The van der Waals surface area contributed by atoms with Crippen molar-refractivity contribution in [3.05, 3.63) is 102 Å². The quantitative estimate of drug-likeness (QED) is 0.332. The Morgan fingerprint density at radius 3 is 2.63 bits per heavy atom. The van der Waals surface area contributed by atoms with Gasteiger partial charge in [-0.05, 0) is 36.2 Å². The minimum absolute atomic E-state index is 0.0116. The summed E-state index contributed by atoms with van der Waals surface area (Å²) < 4.78 is 5.42. The molecule has 0 aliphatic carbocycles. The number of hydrogen-bond acceptors (Lipinski definition) is 6. The van der Waals surface area contributed by atoms with Gasteiger partial charge in [-0.1, -0.05) is 30.8 Å². The summed E-state index contributed by atoms with van der Waals surface area (Å²) in [6.07, 6.45) is 6.27. The van der Waals surface area contributed by atoms with Gasteiger partial charge in [-0.25, -0.2) is 14.8 Å². The molecule has 0 saturated carbocycles. The van der Waals surface area contributed by atoms with E-state index in [1.165, 1.54) is 0 Å². The van der Waals surface area contributed by atoms with Gasteiger partial charge in [-0.2, -0.15) is 0 Å². The van der Waals surface area contributed by atoms with Gasteiger partial charge in [0.05, 0.1) is 23.8 Å². The lowest BCUT2D eigenvalue weighted by molar-refractivity contribution is 0.304. The smallest absolute Gasteiger partial charge is 0.335 e. The number of pyridine rings is 1. The predicted molar refractivity (Wildman–Crippen MR) is 146 cm³/mol. The standard InChI is InChI=1S/C29H28N6O3/c1-19(36)20-5-7-21(8-6-20)24-10-9-22(16-26(24)37)34-25-4-3-12-31-28(25)35(29(34)38)23-11-14-33(17-23)18-27-30-13-15-32(27)2/h3-10,12-13,15-16,23,36-37H,1,11,14,17-18H2,2H3/t23-/m0/s1. The Balaban J connectivity index is 1.35. The lowest BCUT2D eigenvalue weighted by Crippen LogP contribution is -2.29. The minimum atomic E-state index is -0.180. The molecule has 2 aromatic carbocycles. The molecule has 4 heterocycles. The number of aryl methyl sites for hydroxylation is 1. The molecule has 1 fully saturated rings. The maximum atomic E-state index is 13.9. The first-order chi connectivity index (χ1) is 18.4. The highest BCUT2D eigenvalue weighted by Crippen LogP contribution is 2.33. The van der Waals surface area contributed by atoms with E-state index in [0.29, 0.717) is 28.0 Å². The minimum Gasteiger partial charge on any atom is -0.508 e. The van der Waals surface area contributed by atoms with Gasteiger partial charge in [0.2, 0.25) is 0 Å². The number of phenols is 1. The van der Waals surface area contributed by atoms with E-state index in [1.807, 2.05) is 48.1 Å². The number of fused-ring (bicyclic) bond motifs is 1. The molecule has 0 unspecified atom stereocenters. The molecule has 6 rings (SSSR count). The van der Waals surface area contributed by atoms with E-state index < -0.39 is 0 Å². The summed E-state index contributed by atoms with van der Waals surface area (Å²) in [7, 11) is 1.99. The maximum Gasteiger partial charge on any atom is 0.335 e. The molecule has 1 aliphatic heterocycles. The highest BCUT2D eigenvalue weighted by Gasteiger charge is 2.29. The highest BCUT2D eigenvalue weighted by atomic mass is 16.3. The predicted octanol–water partition coefficient (Wildman–Crippen LogP) is 4.27. The molecule has 5 aromatic rings. The van der Waals surface area contributed by atoms with Crippen molar-refractivity contribution >= 4 is 16.9 Å². The lowest BCUT2D eigenvalue weighted by atomic mass is 10.0. The van der Waals surface area contributed by atoms with Crippen molar-refractivity contribution in [3.63, 3.8) is 0 Å². The number of aromatic hydroxyl groups is 1. The first-order valence-electron chi connectivity index (χ1n) is 12.5. The Labute approximate surface area is 219 Å². The fourth-order valence-corrected chi connectivity index (χ4v) is 5.29. The normalized spacial score (nSPS) is 15.9. The fraction of sp³-hybridized carbons (Fsp3) is 0.207. The topological polar surface area (TPSA) is 101 Å². The number of aliphatic hydroxyl groups is 1. The van der Waals surface area contributed by atoms with E-state index in [-0.39, 0.29) is 23.2 Å². The molecule has 0 radical (unpaired) electrons. The zero-order valence-electron chi connectivity index (χ0n) is 21.0. The zero-order valence-corrected chi connectivity index (χ0v) is 21.0. The van der Waals surface area contributed by atoms with Gasteiger partial charge in [-0.3, -0.25) is 14.0 Å². The van der Waals surface area contributed by atoms with E-state index in [1.54, 1.807) is 45.8 Å². The van der Waals surface area contributed by atoms with Gasteiger partial charge in [0, 0.05) is 55.9 Å². The van der Waals surface area contributed by atoms with E-state index in [0.717, 1.165) is 37.4 Å². The summed E-state index contributed by atoms with van der Waals surface area (Å²) in [6.45, 7) is 5.85. The average molecular weight is 509 g/mol. The van der Waals surface area contributed by atoms with Crippen LogP contribution < -0.4 is 5.69 Å². The molecule has 1 saturated heterocycles. The number of nitrogens with zero attached hydrogens (tertiary/aromatic N) is 6. The molecule has 9 heteroatoms. The first-order valence-corrected chi connectivity index (χ1v) is 12.5. The van der Waals surface area contributed by atoms with Crippen LogP contribution >= 0.6 is 0 Å². The Kier molecular flexibility index (Phi) is 5.84. The molecule has 1 atom stereocenters. The Bertz CT molecular complexity index is 1710. The molecule has 2 N–H and O–H groups in total. The average Bonchev–Trinajstić information content (AvgIpc) is 3.61. The van der Waals surface area contributed by atoms with Crippen LogP contribution in [0.3, 0.4) is 0 Å². The third kappa shape index (κ3) is 4.06. The number of likely N-dealkylation sites (tertiary alicyclic amines) is 1. The summed E-state index contributed by atoms with van der Waals surface area (Å²) in [5.74, 6) is 1.03. The van der Waals surface area contributed by atoms with E-state index >= 15 is 0 Å². The SMILES string of the molecule is C=C(O)c1ccc(-c2ccc(-n3c(=O)n([C@H]4CCN(Cc5nccn5C)C4)c4ncccc43)cc2O)cc1. The van der Waals surface area contributed by atoms with Gasteiger partial charge in [-0.15, -0.1) is 0 Å². The van der Waals surface area contributed by atoms with Crippen molar-refractivity contribution in [2.24, 2.45) is 7.05 Å².